The van der Waals surface area contributed by atoms with Gasteiger partial charge in [-0.05, 0) is 49.0 Å². The maximum atomic E-state index is 12.2. The SMILES string of the molecule is O=C(C=Cc1ccc(Cl)cc1Cl)N1CCCC(CCO)C1. The van der Waals surface area contributed by atoms with Crippen molar-refractivity contribution in [3.8, 4) is 0 Å². The number of aliphatic hydroxyl groups is 1. The van der Waals surface area contributed by atoms with Gasteiger partial charge in [0.2, 0.25) is 5.91 Å². The van der Waals surface area contributed by atoms with Gasteiger partial charge in [-0.3, -0.25) is 4.79 Å². The lowest BCUT2D eigenvalue weighted by Crippen LogP contribution is -2.39. The smallest absolute Gasteiger partial charge is 0.246 e. The lowest BCUT2D eigenvalue weighted by Gasteiger charge is -2.31. The first-order valence-electron chi connectivity index (χ1n) is 7.13. The van der Waals surface area contributed by atoms with Gasteiger partial charge in [0.1, 0.15) is 0 Å². The van der Waals surface area contributed by atoms with Crippen molar-refractivity contribution in [2.45, 2.75) is 19.3 Å². The van der Waals surface area contributed by atoms with Gasteiger partial charge in [-0.25, -0.2) is 0 Å². The first kappa shape index (κ1) is 16.3. The Bertz CT molecular complexity index is 529. The number of carbonyl (C=O) groups excluding carboxylic acids is 1. The van der Waals surface area contributed by atoms with Crippen LogP contribution in [0, 0.1) is 5.92 Å². The number of piperidine rings is 1. The molecule has 0 spiro atoms. The Balaban J connectivity index is 1.98. The lowest BCUT2D eigenvalue weighted by molar-refractivity contribution is -0.127. The number of benzene rings is 1. The molecule has 21 heavy (non-hydrogen) atoms. The summed E-state index contributed by atoms with van der Waals surface area (Å²) >= 11 is 11.9. The van der Waals surface area contributed by atoms with Gasteiger partial charge in [0, 0.05) is 35.8 Å². The van der Waals surface area contributed by atoms with Crippen LogP contribution in [0.5, 0.6) is 0 Å². The van der Waals surface area contributed by atoms with Gasteiger partial charge in [0.05, 0.1) is 0 Å². The highest BCUT2D eigenvalue weighted by molar-refractivity contribution is 6.35. The second kappa shape index (κ2) is 7.83. The van der Waals surface area contributed by atoms with Gasteiger partial charge in [0.25, 0.3) is 0 Å². The highest BCUT2D eigenvalue weighted by Crippen LogP contribution is 2.23. The Morgan fingerprint density at radius 1 is 1.43 bits per heavy atom. The van der Waals surface area contributed by atoms with Crippen LogP contribution in [-0.4, -0.2) is 35.6 Å². The van der Waals surface area contributed by atoms with Crippen LogP contribution in [0.3, 0.4) is 0 Å². The van der Waals surface area contributed by atoms with E-state index >= 15 is 0 Å². The van der Waals surface area contributed by atoms with E-state index < -0.39 is 0 Å². The number of hydrogen-bond acceptors (Lipinski definition) is 2. The number of aliphatic hydroxyl groups excluding tert-OH is 1. The van der Waals surface area contributed by atoms with Crippen LogP contribution in [0.25, 0.3) is 6.08 Å². The quantitative estimate of drug-likeness (QED) is 0.858. The van der Waals surface area contributed by atoms with Gasteiger partial charge in [-0.2, -0.15) is 0 Å². The molecule has 5 heteroatoms. The summed E-state index contributed by atoms with van der Waals surface area (Å²) in [5.74, 6) is 0.392. The largest absolute Gasteiger partial charge is 0.396 e. The third-order valence-electron chi connectivity index (χ3n) is 3.74. The molecule has 0 aromatic heterocycles. The molecule has 1 N–H and O–H groups in total. The lowest BCUT2D eigenvalue weighted by atomic mass is 9.95. The molecular weight excluding hydrogens is 309 g/mol. The molecule has 1 aromatic carbocycles. The number of halogens is 2. The van der Waals surface area contributed by atoms with Crippen molar-refractivity contribution in [1.82, 2.24) is 4.90 Å². The minimum atomic E-state index is -0.0105. The summed E-state index contributed by atoms with van der Waals surface area (Å²) < 4.78 is 0. The van der Waals surface area contributed by atoms with E-state index in [0.29, 0.717) is 16.0 Å². The molecule has 0 radical (unpaired) electrons. The van der Waals surface area contributed by atoms with Gasteiger partial charge in [-0.1, -0.05) is 29.3 Å². The van der Waals surface area contributed by atoms with Crippen molar-refractivity contribution >= 4 is 35.2 Å². The van der Waals surface area contributed by atoms with Gasteiger partial charge < -0.3 is 10.0 Å². The van der Waals surface area contributed by atoms with Gasteiger partial charge in [0.15, 0.2) is 0 Å². The third-order valence-corrected chi connectivity index (χ3v) is 4.30. The molecule has 0 bridgehead atoms. The number of nitrogens with zero attached hydrogens (tertiary/aromatic N) is 1. The summed E-state index contributed by atoms with van der Waals surface area (Å²) in [4.78, 5) is 14.0. The van der Waals surface area contributed by atoms with Crippen molar-refractivity contribution in [2.24, 2.45) is 5.92 Å². The monoisotopic (exact) mass is 327 g/mol. The summed E-state index contributed by atoms with van der Waals surface area (Å²) in [7, 11) is 0. The molecule has 1 heterocycles. The molecule has 0 saturated carbocycles. The minimum absolute atomic E-state index is 0.0105. The molecule has 1 atom stereocenters. The maximum Gasteiger partial charge on any atom is 0.246 e. The van der Waals surface area contributed by atoms with Crippen LogP contribution in [0.15, 0.2) is 24.3 Å². The fourth-order valence-corrected chi connectivity index (χ4v) is 3.06. The molecular formula is C16H19Cl2NO2. The van der Waals surface area contributed by atoms with Crippen molar-refractivity contribution < 1.29 is 9.90 Å². The van der Waals surface area contributed by atoms with Crippen LogP contribution < -0.4 is 0 Å². The first-order chi connectivity index (χ1) is 10.1. The fourth-order valence-electron chi connectivity index (χ4n) is 2.59. The number of hydrogen-bond donors (Lipinski definition) is 1. The molecule has 1 aliphatic heterocycles. The Hall–Kier alpha value is -1.03. The van der Waals surface area contributed by atoms with Crippen LogP contribution in [-0.2, 0) is 4.79 Å². The molecule has 0 aliphatic carbocycles. The van der Waals surface area contributed by atoms with E-state index in [2.05, 4.69) is 0 Å². The molecule has 3 nitrogen and oxygen atoms in total. The minimum Gasteiger partial charge on any atom is -0.396 e. The zero-order valence-corrected chi connectivity index (χ0v) is 13.3. The highest BCUT2D eigenvalue weighted by Gasteiger charge is 2.21. The Kier molecular flexibility index (Phi) is 6.09. The van der Waals surface area contributed by atoms with E-state index in [4.69, 9.17) is 28.3 Å². The van der Waals surface area contributed by atoms with Crippen molar-refractivity contribution in [3.05, 3.63) is 39.9 Å². The number of likely N-dealkylation sites (tertiary alicyclic amines) is 1. The first-order valence-corrected chi connectivity index (χ1v) is 7.88. The van der Waals surface area contributed by atoms with Crippen LogP contribution in [0.2, 0.25) is 10.0 Å². The van der Waals surface area contributed by atoms with Crippen LogP contribution in [0.1, 0.15) is 24.8 Å². The van der Waals surface area contributed by atoms with E-state index in [1.54, 1.807) is 30.4 Å². The second-order valence-corrected chi connectivity index (χ2v) is 6.15. The Labute approximate surface area is 135 Å². The number of rotatable bonds is 4. The predicted molar refractivity (Wildman–Crippen MR) is 86.5 cm³/mol. The normalized spacial score (nSPS) is 19.2. The maximum absolute atomic E-state index is 12.2. The summed E-state index contributed by atoms with van der Waals surface area (Å²) in [5, 5.41) is 10.1. The molecule has 1 amide bonds. The zero-order chi connectivity index (χ0) is 15.2. The van der Waals surface area contributed by atoms with Crippen LogP contribution >= 0.6 is 23.2 Å². The molecule has 114 valence electrons. The van der Waals surface area contributed by atoms with E-state index in [9.17, 15) is 4.79 Å². The molecule has 2 rings (SSSR count). The van der Waals surface area contributed by atoms with E-state index in [0.717, 1.165) is 37.9 Å². The Morgan fingerprint density at radius 2 is 2.24 bits per heavy atom. The summed E-state index contributed by atoms with van der Waals surface area (Å²) in [6, 6.07) is 5.19. The summed E-state index contributed by atoms with van der Waals surface area (Å²) in [6.45, 7) is 1.68. The Morgan fingerprint density at radius 3 is 2.95 bits per heavy atom. The van der Waals surface area contributed by atoms with E-state index in [1.165, 1.54) is 0 Å². The molecule has 1 aliphatic rings. The topological polar surface area (TPSA) is 40.5 Å². The predicted octanol–water partition coefficient (Wildman–Crippen LogP) is 3.63. The highest BCUT2D eigenvalue weighted by atomic mass is 35.5. The molecule has 1 saturated heterocycles. The van der Waals surface area contributed by atoms with Crippen molar-refractivity contribution in [3.63, 3.8) is 0 Å². The average Bonchev–Trinajstić information content (AvgIpc) is 2.47. The second-order valence-electron chi connectivity index (χ2n) is 5.30. The van der Waals surface area contributed by atoms with E-state index in [1.807, 2.05) is 4.90 Å². The molecule has 1 unspecified atom stereocenters. The van der Waals surface area contributed by atoms with Gasteiger partial charge in [-0.15, -0.1) is 0 Å². The molecule has 1 fully saturated rings. The standard InChI is InChI=1S/C16H19Cl2NO2/c17-14-5-3-13(15(18)10-14)4-6-16(21)19-8-1-2-12(11-19)7-9-20/h3-6,10,12,20H,1-2,7-9,11H2. The van der Waals surface area contributed by atoms with Crippen molar-refractivity contribution in [2.75, 3.05) is 19.7 Å². The van der Waals surface area contributed by atoms with Gasteiger partial charge >= 0.3 is 0 Å². The third kappa shape index (κ3) is 4.73. The fraction of sp³-hybridized carbons (Fsp3) is 0.438. The summed E-state index contributed by atoms with van der Waals surface area (Å²) in [6.07, 6.45) is 6.10. The molecule has 1 aromatic rings. The van der Waals surface area contributed by atoms with Crippen LogP contribution in [0.4, 0.5) is 0 Å². The summed E-state index contributed by atoms with van der Waals surface area (Å²) in [5.41, 5.74) is 0.776. The zero-order valence-electron chi connectivity index (χ0n) is 11.8. The van der Waals surface area contributed by atoms with Crippen molar-refractivity contribution in [1.29, 1.82) is 0 Å². The van der Waals surface area contributed by atoms with E-state index in [-0.39, 0.29) is 12.5 Å². The average molecular weight is 328 g/mol. The number of amides is 1. The number of carbonyl (C=O) groups is 1.